The number of aryl methyl sites for hydroxylation is 1. The van der Waals surface area contributed by atoms with Gasteiger partial charge in [0, 0.05) is 26.6 Å². The third kappa shape index (κ3) is 3.30. The minimum absolute atomic E-state index is 0.00433. The molecule has 3 rings (SSSR count). The van der Waals surface area contributed by atoms with Gasteiger partial charge in [-0.1, -0.05) is 34.1 Å². The van der Waals surface area contributed by atoms with Crippen molar-refractivity contribution in [2.75, 3.05) is 0 Å². The van der Waals surface area contributed by atoms with Crippen LogP contribution in [0.2, 0.25) is 0 Å². The van der Waals surface area contributed by atoms with Crippen molar-refractivity contribution in [1.29, 1.82) is 0 Å². The molecule has 0 radical (unpaired) electrons. The highest BCUT2D eigenvalue weighted by Gasteiger charge is 2.25. The average molecular weight is 402 g/mol. The third-order valence-corrected chi connectivity index (χ3v) is 4.46. The Morgan fingerprint density at radius 1 is 1.20 bits per heavy atom. The number of Topliss-reactive ketones (excluding diaryl/α,β-unsaturated/α-hetero) is 1. The van der Waals surface area contributed by atoms with Crippen molar-refractivity contribution in [3.8, 4) is 5.75 Å². The van der Waals surface area contributed by atoms with Crippen molar-refractivity contribution in [3.63, 3.8) is 0 Å². The van der Waals surface area contributed by atoms with Crippen LogP contribution in [0.1, 0.15) is 33.3 Å². The van der Waals surface area contributed by atoms with Crippen LogP contribution < -0.4 is 0 Å². The molecule has 1 heterocycles. The topological polar surface area (TPSA) is 79.4 Å². The number of fused-ring (bicyclic) bond motifs is 1. The van der Waals surface area contributed by atoms with Gasteiger partial charge < -0.3 is 14.8 Å². The lowest BCUT2D eigenvalue weighted by Crippen LogP contribution is -2.25. The second-order valence-corrected chi connectivity index (χ2v) is 6.66. The highest BCUT2D eigenvalue weighted by molar-refractivity contribution is 9.10. The Morgan fingerprint density at radius 2 is 1.92 bits per heavy atom. The fourth-order valence-electron chi connectivity index (χ4n) is 2.75. The van der Waals surface area contributed by atoms with E-state index in [1.165, 1.54) is 19.1 Å². The molecule has 0 saturated heterocycles. The predicted octanol–water partition coefficient (Wildman–Crippen LogP) is 4.37. The molecular formula is C19H16BrNO4. The standard InChI is InChI=1S/C19H16BrNO4/c1-10-17(13-5-3-4-6-15(13)21-10)18(23)11(2)25-19(24)14-9-12(20)7-8-16(14)22/h3-9,11,21-22H,1-2H3/t11-/m1/s1. The fraction of sp³-hybridized carbons (Fsp3) is 0.158. The van der Waals surface area contributed by atoms with E-state index in [4.69, 9.17) is 4.74 Å². The summed E-state index contributed by atoms with van der Waals surface area (Å²) in [7, 11) is 0. The highest BCUT2D eigenvalue weighted by Crippen LogP contribution is 2.26. The van der Waals surface area contributed by atoms with Gasteiger partial charge in [0.15, 0.2) is 6.10 Å². The molecule has 0 bridgehead atoms. The van der Waals surface area contributed by atoms with E-state index in [0.717, 1.165) is 16.6 Å². The number of carbonyl (C=O) groups excluding carboxylic acids is 2. The maximum atomic E-state index is 12.8. The molecule has 0 fully saturated rings. The largest absolute Gasteiger partial charge is 0.507 e. The molecule has 0 amide bonds. The molecule has 1 atom stereocenters. The van der Waals surface area contributed by atoms with Crippen LogP contribution in [-0.4, -0.2) is 27.9 Å². The summed E-state index contributed by atoms with van der Waals surface area (Å²) in [5.74, 6) is -1.24. The number of halogens is 1. The van der Waals surface area contributed by atoms with Gasteiger partial charge in [0.2, 0.25) is 5.78 Å². The van der Waals surface area contributed by atoms with Gasteiger partial charge >= 0.3 is 5.97 Å². The maximum absolute atomic E-state index is 12.8. The van der Waals surface area contributed by atoms with Gasteiger partial charge in [-0.3, -0.25) is 4.79 Å². The zero-order chi connectivity index (χ0) is 18.1. The molecule has 0 aliphatic carbocycles. The number of para-hydroxylation sites is 1. The van der Waals surface area contributed by atoms with E-state index in [2.05, 4.69) is 20.9 Å². The zero-order valence-corrected chi connectivity index (χ0v) is 15.3. The normalized spacial score (nSPS) is 12.1. The van der Waals surface area contributed by atoms with Crippen molar-refractivity contribution in [2.24, 2.45) is 0 Å². The van der Waals surface area contributed by atoms with Gasteiger partial charge in [-0.25, -0.2) is 4.79 Å². The summed E-state index contributed by atoms with van der Waals surface area (Å²) in [5.41, 5.74) is 2.09. The van der Waals surface area contributed by atoms with Gasteiger partial charge in [-0.2, -0.15) is 0 Å². The van der Waals surface area contributed by atoms with Crippen molar-refractivity contribution in [3.05, 3.63) is 63.8 Å². The van der Waals surface area contributed by atoms with E-state index in [1.807, 2.05) is 31.2 Å². The lowest BCUT2D eigenvalue weighted by atomic mass is 10.0. The number of benzene rings is 2. The van der Waals surface area contributed by atoms with Crippen LogP contribution in [0.25, 0.3) is 10.9 Å². The van der Waals surface area contributed by atoms with Crippen LogP contribution in [-0.2, 0) is 4.74 Å². The van der Waals surface area contributed by atoms with Gasteiger partial charge in [0.1, 0.15) is 11.3 Å². The lowest BCUT2D eigenvalue weighted by Gasteiger charge is -2.13. The number of rotatable bonds is 4. The number of phenolic OH excluding ortho intramolecular Hbond substituents is 1. The third-order valence-electron chi connectivity index (χ3n) is 3.97. The number of aromatic amines is 1. The Kier molecular flexibility index (Phi) is 4.63. The summed E-state index contributed by atoms with van der Waals surface area (Å²) < 4.78 is 5.91. The predicted molar refractivity (Wildman–Crippen MR) is 98.1 cm³/mol. The minimum Gasteiger partial charge on any atom is -0.507 e. The molecule has 0 aliphatic rings. The summed E-state index contributed by atoms with van der Waals surface area (Å²) in [5, 5.41) is 10.6. The Labute approximate surface area is 152 Å². The van der Waals surface area contributed by atoms with Crippen LogP contribution in [0.15, 0.2) is 46.9 Å². The number of hydrogen-bond donors (Lipinski definition) is 2. The molecule has 1 aromatic heterocycles. The molecular weight excluding hydrogens is 386 g/mol. The fourth-order valence-corrected chi connectivity index (χ4v) is 3.11. The van der Waals surface area contributed by atoms with Gasteiger partial charge in [0.25, 0.3) is 0 Å². The molecule has 5 nitrogen and oxygen atoms in total. The Hall–Kier alpha value is -2.60. The number of aromatic hydroxyl groups is 1. The number of ketones is 1. The number of aromatic nitrogens is 1. The summed E-state index contributed by atoms with van der Waals surface area (Å²) in [4.78, 5) is 28.2. The first-order chi connectivity index (χ1) is 11.9. The van der Waals surface area contributed by atoms with Crippen LogP contribution >= 0.6 is 15.9 Å². The minimum atomic E-state index is -0.983. The van der Waals surface area contributed by atoms with E-state index < -0.39 is 12.1 Å². The molecule has 2 aromatic carbocycles. The molecule has 0 spiro atoms. The zero-order valence-electron chi connectivity index (χ0n) is 13.7. The molecule has 2 N–H and O–H groups in total. The van der Waals surface area contributed by atoms with Crippen molar-refractivity contribution in [2.45, 2.75) is 20.0 Å². The number of nitrogens with one attached hydrogen (secondary N) is 1. The first-order valence-corrected chi connectivity index (χ1v) is 8.49. The second-order valence-electron chi connectivity index (χ2n) is 5.74. The highest BCUT2D eigenvalue weighted by atomic mass is 79.9. The molecule has 128 valence electrons. The van der Waals surface area contributed by atoms with Gasteiger partial charge in [-0.05, 0) is 38.1 Å². The smallest absolute Gasteiger partial charge is 0.342 e. The summed E-state index contributed by atoms with van der Waals surface area (Å²) in [6.07, 6.45) is -0.983. The summed E-state index contributed by atoms with van der Waals surface area (Å²) >= 11 is 3.24. The van der Waals surface area contributed by atoms with Crippen LogP contribution in [0.3, 0.4) is 0 Å². The van der Waals surface area contributed by atoms with E-state index in [1.54, 1.807) is 6.07 Å². The molecule has 6 heteroatoms. The number of H-pyrrole nitrogens is 1. The van der Waals surface area contributed by atoms with Crippen LogP contribution in [0.4, 0.5) is 0 Å². The molecule has 0 saturated carbocycles. The first kappa shape index (κ1) is 17.2. The van der Waals surface area contributed by atoms with Crippen molar-refractivity contribution in [1.82, 2.24) is 4.98 Å². The summed E-state index contributed by atoms with van der Waals surface area (Å²) in [6.45, 7) is 3.33. The SMILES string of the molecule is Cc1[nH]c2ccccc2c1C(=O)[C@@H](C)OC(=O)c1cc(Br)ccc1O. The van der Waals surface area contributed by atoms with E-state index in [-0.39, 0.29) is 17.1 Å². The number of carbonyl (C=O) groups is 2. The number of esters is 1. The number of phenols is 1. The van der Waals surface area contributed by atoms with Crippen LogP contribution in [0, 0.1) is 6.92 Å². The van der Waals surface area contributed by atoms with Crippen molar-refractivity contribution >= 4 is 38.6 Å². The van der Waals surface area contributed by atoms with Gasteiger partial charge in [0.05, 0.1) is 0 Å². The Balaban J connectivity index is 1.86. The Bertz CT molecular complexity index is 977. The number of ether oxygens (including phenoxy) is 1. The summed E-state index contributed by atoms with van der Waals surface area (Å²) in [6, 6.07) is 11.9. The monoisotopic (exact) mass is 401 g/mol. The van der Waals surface area contributed by atoms with E-state index >= 15 is 0 Å². The van der Waals surface area contributed by atoms with Crippen molar-refractivity contribution < 1.29 is 19.4 Å². The molecule has 0 aliphatic heterocycles. The number of hydrogen-bond acceptors (Lipinski definition) is 4. The molecule has 25 heavy (non-hydrogen) atoms. The van der Waals surface area contributed by atoms with Crippen LogP contribution in [0.5, 0.6) is 5.75 Å². The quantitative estimate of drug-likeness (QED) is 0.502. The molecule has 3 aromatic rings. The van der Waals surface area contributed by atoms with Gasteiger partial charge in [-0.15, -0.1) is 0 Å². The Morgan fingerprint density at radius 3 is 2.68 bits per heavy atom. The first-order valence-electron chi connectivity index (χ1n) is 7.69. The maximum Gasteiger partial charge on any atom is 0.342 e. The lowest BCUT2D eigenvalue weighted by molar-refractivity contribution is 0.0316. The van der Waals surface area contributed by atoms with E-state index in [9.17, 15) is 14.7 Å². The molecule has 0 unspecified atom stereocenters. The average Bonchev–Trinajstić information content (AvgIpc) is 2.91. The van der Waals surface area contributed by atoms with E-state index in [0.29, 0.717) is 10.0 Å². The second kappa shape index (κ2) is 6.72.